The molecule has 1 amide bonds. The van der Waals surface area contributed by atoms with Gasteiger partial charge in [-0.3, -0.25) is 9.78 Å². The van der Waals surface area contributed by atoms with Crippen molar-refractivity contribution in [3.8, 4) is 0 Å². The second-order valence-electron chi connectivity index (χ2n) is 5.07. The number of para-hydroxylation sites is 1. The number of benzene rings is 1. The summed E-state index contributed by atoms with van der Waals surface area (Å²) in [6.07, 6.45) is 1.00. The average molecular weight is 271 g/mol. The largest absolute Gasteiger partial charge is 0.324 e. The van der Waals surface area contributed by atoms with Gasteiger partial charge in [-0.2, -0.15) is 0 Å². The molecular weight excluding hydrogens is 250 g/mol. The second kappa shape index (κ2) is 6.48. The van der Waals surface area contributed by atoms with Gasteiger partial charge >= 0.3 is 0 Å². The lowest BCUT2D eigenvalue weighted by Gasteiger charge is -2.13. The molecule has 0 aliphatic carbocycles. The van der Waals surface area contributed by atoms with Crippen molar-refractivity contribution in [2.24, 2.45) is 0 Å². The third-order valence-electron chi connectivity index (χ3n) is 3.34. The summed E-state index contributed by atoms with van der Waals surface area (Å²) in [6.45, 7) is 6.42. The Balaban J connectivity index is 2.15. The Morgan fingerprint density at radius 1 is 1.35 bits per heavy atom. The van der Waals surface area contributed by atoms with Crippen LogP contribution in [0.25, 0.3) is 10.9 Å². The third-order valence-corrected chi connectivity index (χ3v) is 3.34. The van der Waals surface area contributed by atoms with Crippen LogP contribution in [-0.4, -0.2) is 23.5 Å². The summed E-state index contributed by atoms with van der Waals surface area (Å²) in [5.41, 5.74) is 2.62. The summed E-state index contributed by atoms with van der Waals surface area (Å²) >= 11 is 0. The monoisotopic (exact) mass is 271 g/mol. The number of hydrogen-bond acceptors (Lipinski definition) is 3. The maximum absolute atomic E-state index is 12.0. The molecule has 1 aromatic carbocycles. The topological polar surface area (TPSA) is 54.0 Å². The van der Waals surface area contributed by atoms with Gasteiger partial charge in [-0.05, 0) is 32.4 Å². The molecule has 1 unspecified atom stereocenters. The molecule has 106 valence electrons. The number of carbonyl (C=O) groups excluding carboxylic acids is 1. The summed E-state index contributed by atoms with van der Waals surface area (Å²) in [7, 11) is 0. The summed E-state index contributed by atoms with van der Waals surface area (Å²) < 4.78 is 0. The molecule has 0 fully saturated rings. The number of amides is 1. The summed E-state index contributed by atoms with van der Waals surface area (Å²) in [5.74, 6) is -0.0268. The number of fused-ring (bicyclic) bond motifs is 1. The van der Waals surface area contributed by atoms with Crippen LogP contribution in [0, 0.1) is 6.92 Å². The highest BCUT2D eigenvalue weighted by molar-refractivity contribution is 6.01. The van der Waals surface area contributed by atoms with Gasteiger partial charge in [0.1, 0.15) is 0 Å². The maximum atomic E-state index is 12.0. The van der Waals surface area contributed by atoms with E-state index >= 15 is 0 Å². The van der Waals surface area contributed by atoms with Gasteiger partial charge in [0.2, 0.25) is 5.91 Å². The number of aryl methyl sites for hydroxylation is 1. The number of aromatic nitrogens is 1. The highest BCUT2D eigenvalue weighted by Crippen LogP contribution is 2.22. The number of hydrogen-bond donors (Lipinski definition) is 2. The number of pyridine rings is 1. The molecule has 0 bridgehead atoms. The van der Waals surface area contributed by atoms with E-state index in [1.54, 1.807) is 0 Å². The van der Waals surface area contributed by atoms with Crippen molar-refractivity contribution in [1.82, 2.24) is 10.3 Å². The molecule has 0 spiro atoms. The highest BCUT2D eigenvalue weighted by Gasteiger charge is 2.08. The number of rotatable bonds is 5. The maximum Gasteiger partial charge on any atom is 0.238 e. The van der Waals surface area contributed by atoms with E-state index in [-0.39, 0.29) is 5.91 Å². The van der Waals surface area contributed by atoms with Crippen LogP contribution in [0.1, 0.15) is 26.0 Å². The van der Waals surface area contributed by atoms with E-state index in [1.807, 2.05) is 37.3 Å². The van der Waals surface area contributed by atoms with Crippen LogP contribution in [0.4, 0.5) is 5.69 Å². The van der Waals surface area contributed by atoms with E-state index < -0.39 is 0 Å². The number of anilines is 1. The van der Waals surface area contributed by atoms with Crippen molar-refractivity contribution in [3.05, 3.63) is 36.0 Å². The molecule has 2 aromatic rings. The van der Waals surface area contributed by atoms with Crippen molar-refractivity contribution in [1.29, 1.82) is 0 Å². The summed E-state index contributed by atoms with van der Waals surface area (Å²) in [4.78, 5) is 16.5. The van der Waals surface area contributed by atoms with Crippen molar-refractivity contribution in [2.45, 2.75) is 33.2 Å². The first-order chi connectivity index (χ1) is 9.60. The third kappa shape index (κ3) is 3.54. The van der Waals surface area contributed by atoms with E-state index in [1.165, 1.54) is 0 Å². The van der Waals surface area contributed by atoms with Gasteiger partial charge in [0.25, 0.3) is 0 Å². The molecule has 4 nitrogen and oxygen atoms in total. The molecule has 2 N–H and O–H groups in total. The normalized spacial score (nSPS) is 12.3. The van der Waals surface area contributed by atoms with E-state index in [0.717, 1.165) is 28.7 Å². The molecule has 0 saturated carbocycles. The van der Waals surface area contributed by atoms with Crippen LogP contribution < -0.4 is 10.6 Å². The molecule has 20 heavy (non-hydrogen) atoms. The molecule has 2 rings (SSSR count). The SMILES string of the molecule is CCC(C)NCC(=O)Nc1cc(C)nc2ccccc12. The lowest BCUT2D eigenvalue weighted by atomic mass is 10.1. The number of nitrogens with one attached hydrogen (secondary N) is 2. The van der Waals surface area contributed by atoms with Gasteiger partial charge in [0.05, 0.1) is 17.7 Å². The second-order valence-corrected chi connectivity index (χ2v) is 5.07. The van der Waals surface area contributed by atoms with Gasteiger partial charge in [0.15, 0.2) is 0 Å². The zero-order chi connectivity index (χ0) is 14.5. The molecule has 0 radical (unpaired) electrons. The molecule has 0 aliphatic rings. The van der Waals surface area contributed by atoms with Crippen LogP contribution in [0.5, 0.6) is 0 Å². The lowest BCUT2D eigenvalue weighted by molar-refractivity contribution is -0.115. The molecule has 1 atom stereocenters. The van der Waals surface area contributed by atoms with Crippen LogP contribution in [0.2, 0.25) is 0 Å². The first-order valence-corrected chi connectivity index (χ1v) is 6.99. The smallest absolute Gasteiger partial charge is 0.238 e. The van der Waals surface area contributed by atoms with E-state index in [2.05, 4.69) is 29.5 Å². The molecule has 1 aromatic heterocycles. The predicted molar refractivity (Wildman–Crippen MR) is 82.9 cm³/mol. The Morgan fingerprint density at radius 2 is 2.10 bits per heavy atom. The Bertz CT molecular complexity index is 610. The zero-order valence-corrected chi connectivity index (χ0v) is 12.2. The van der Waals surface area contributed by atoms with Crippen molar-refractivity contribution < 1.29 is 4.79 Å². The summed E-state index contributed by atoms with van der Waals surface area (Å²) in [6, 6.07) is 10.1. The Morgan fingerprint density at radius 3 is 2.85 bits per heavy atom. The first-order valence-electron chi connectivity index (χ1n) is 6.99. The van der Waals surface area contributed by atoms with E-state index in [0.29, 0.717) is 12.6 Å². The Labute approximate surface area is 119 Å². The fourth-order valence-electron chi connectivity index (χ4n) is 2.02. The lowest BCUT2D eigenvalue weighted by Crippen LogP contribution is -2.34. The minimum atomic E-state index is -0.0268. The molecule has 0 aliphatic heterocycles. The summed E-state index contributed by atoms with van der Waals surface area (Å²) in [5, 5.41) is 7.12. The quantitative estimate of drug-likeness (QED) is 0.879. The Kier molecular flexibility index (Phi) is 4.69. The number of carbonyl (C=O) groups is 1. The van der Waals surface area contributed by atoms with Gasteiger partial charge in [0, 0.05) is 17.1 Å². The van der Waals surface area contributed by atoms with Crippen LogP contribution in [0.15, 0.2) is 30.3 Å². The average Bonchev–Trinajstić information content (AvgIpc) is 2.44. The van der Waals surface area contributed by atoms with Gasteiger partial charge < -0.3 is 10.6 Å². The van der Waals surface area contributed by atoms with Crippen LogP contribution >= 0.6 is 0 Å². The van der Waals surface area contributed by atoms with Crippen molar-refractivity contribution in [3.63, 3.8) is 0 Å². The minimum absolute atomic E-state index is 0.0268. The van der Waals surface area contributed by atoms with Gasteiger partial charge in [-0.1, -0.05) is 25.1 Å². The fraction of sp³-hybridized carbons (Fsp3) is 0.375. The first kappa shape index (κ1) is 14.5. The minimum Gasteiger partial charge on any atom is -0.324 e. The predicted octanol–water partition coefficient (Wildman–Crippen LogP) is 2.87. The van der Waals surface area contributed by atoms with E-state index in [9.17, 15) is 4.79 Å². The molecule has 0 saturated heterocycles. The van der Waals surface area contributed by atoms with Crippen LogP contribution in [0.3, 0.4) is 0 Å². The molecule has 4 heteroatoms. The Hall–Kier alpha value is -1.94. The van der Waals surface area contributed by atoms with E-state index in [4.69, 9.17) is 0 Å². The van der Waals surface area contributed by atoms with Crippen molar-refractivity contribution >= 4 is 22.5 Å². The number of nitrogens with zero attached hydrogens (tertiary/aromatic N) is 1. The highest BCUT2D eigenvalue weighted by atomic mass is 16.1. The zero-order valence-electron chi connectivity index (χ0n) is 12.2. The van der Waals surface area contributed by atoms with Crippen LogP contribution in [-0.2, 0) is 4.79 Å². The van der Waals surface area contributed by atoms with Gasteiger partial charge in [-0.25, -0.2) is 0 Å². The molecule has 1 heterocycles. The van der Waals surface area contributed by atoms with Gasteiger partial charge in [-0.15, -0.1) is 0 Å². The molecular formula is C16H21N3O. The van der Waals surface area contributed by atoms with Crippen molar-refractivity contribution in [2.75, 3.05) is 11.9 Å². The standard InChI is InChI=1S/C16H21N3O/c1-4-11(2)17-10-16(20)19-15-9-12(3)18-14-8-6-5-7-13(14)15/h5-9,11,17H,4,10H2,1-3H3,(H,18,19,20). The fourth-order valence-corrected chi connectivity index (χ4v) is 2.02.